The van der Waals surface area contributed by atoms with E-state index in [1.165, 1.54) is 0 Å². The Balaban J connectivity index is 2.82. The van der Waals surface area contributed by atoms with Gasteiger partial charge in [-0.1, -0.05) is 19.8 Å². The van der Waals surface area contributed by atoms with Crippen LogP contribution in [0.1, 0.15) is 33.1 Å². The first-order chi connectivity index (χ1) is 9.39. The zero-order valence-electron chi connectivity index (χ0n) is 11.9. The molecular weight excluding hydrogens is 268 g/mol. The van der Waals surface area contributed by atoms with Crippen molar-refractivity contribution in [2.75, 3.05) is 13.2 Å². The number of ketones is 1. The summed E-state index contributed by atoms with van der Waals surface area (Å²) in [5.41, 5.74) is -2.34. The minimum Gasteiger partial charge on any atom is -0.394 e. The van der Waals surface area contributed by atoms with Gasteiger partial charge in [0.1, 0.15) is 18.3 Å². The molecule has 1 heterocycles. The van der Waals surface area contributed by atoms with E-state index in [2.05, 4.69) is 0 Å². The second kappa shape index (κ2) is 7.44. The van der Waals surface area contributed by atoms with E-state index in [1.54, 1.807) is 0 Å². The number of ether oxygens (including phenoxy) is 2. The predicted octanol–water partition coefficient (Wildman–Crippen LogP) is -1.05. The van der Waals surface area contributed by atoms with Crippen molar-refractivity contribution in [1.82, 2.24) is 0 Å². The third-order valence-electron chi connectivity index (χ3n) is 3.57. The molecule has 0 aliphatic carbocycles. The molecule has 7 nitrogen and oxygen atoms in total. The number of aliphatic hydroxyl groups is 4. The van der Waals surface area contributed by atoms with Gasteiger partial charge in [0.25, 0.3) is 0 Å². The van der Waals surface area contributed by atoms with Crippen LogP contribution in [0.4, 0.5) is 0 Å². The number of hydrogen-bond donors (Lipinski definition) is 4. The number of carbonyl (C=O) groups is 1. The van der Waals surface area contributed by atoms with Crippen LogP contribution in [0.15, 0.2) is 0 Å². The van der Waals surface area contributed by atoms with Gasteiger partial charge >= 0.3 is 0 Å². The van der Waals surface area contributed by atoms with E-state index >= 15 is 0 Å². The number of aliphatic hydroxyl groups excluding tert-OH is 3. The first kappa shape index (κ1) is 17.5. The van der Waals surface area contributed by atoms with Crippen LogP contribution in [0.2, 0.25) is 0 Å². The van der Waals surface area contributed by atoms with Crippen LogP contribution in [-0.2, 0) is 14.3 Å². The van der Waals surface area contributed by atoms with Crippen LogP contribution >= 0.6 is 0 Å². The second-order valence-electron chi connectivity index (χ2n) is 5.08. The fraction of sp³-hybridized carbons (Fsp3) is 0.923. The number of rotatable bonds is 7. The molecule has 118 valence electrons. The Morgan fingerprint density at radius 3 is 2.50 bits per heavy atom. The van der Waals surface area contributed by atoms with Crippen molar-refractivity contribution >= 4 is 5.78 Å². The van der Waals surface area contributed by atoms with Gasteiger partial charge in [-0.25, -0.2) is 0 Å². The van der Waals surface area contributed by atoms with Crippen LogP contribution in [-0.4, -0.2) is 69.6 Å². The molecule has 1 fully saturated rings. The van der Waals surface area contributed by atoms with Gasteiger partial charge in [0, 0.05) is 6.61 Å². The lowest BCUT2D eigenvalue weighted by Crippen LogP contribution is -2.70. The van der Waals surface area contributed by atoms with Gasteiger partial charge < -0.3 is 29.9 Å². The zero-order chi connectivity index (χ0) is 15.3. The number of hydrogen-bond acceptors (Lipinski definition) is 7. The summed E-state index contributed by atoms with van der Waals surface area (Å²) in [7, 11) is 0. The third-order valence-corrected chi connectivity index (χ3v) is 3.57. The summed E-state index contributed by atoms with van der Waals surface area (Å²) in [4.78, 5) is 11.6. The Bertz CT molecular complexity index is 322. The molecule has 0 unspecified atom stereocenters. The summed E-state index contributed by atoms with van der Waals surface area (Å²) in [5.74, 6) is -0.763. The highest BCUT2D eigenvalue weighted by atomic mass is 16.7. The van der Waals surface area contributed by atoms with Crippen molar-refractivity contribution < 1.29 is 34.7 Å². The third kappa shape index (κ3) is 3.36. The molecule has 4 N–H and O–H groups in total. The number of carbonyl (C=O) groups excluding carboxylic acids is 1. The maximum Gasteiger partial charge on any atom is 0.202 e. The molecule has 0 spiro atoms. The summed E-state index contributed by atoms with van der Waals surface area (Å²) in [6, 6.07) is 0. The van der Waals surface area contributed by atoms with E-state index in [0.29, 0.717) is 6.42 Å². The topological polar surface area (TPSA) is 116 Å². The molecular formula is C13H24O7. The number of Topliss-reactive ketones (excluding diaryl/α,β-unsaturated/α-hetero) is 1. The quantitative estimate of drug-likeness (QED) is 0.442. The Morgan fingerprint density at radius 2 is 2.00 bits per heavy atom. The van der Waals surface area contributed by atoms with Crippen molar-refractivity contribution in [3.8, 4) is 0 Å². The van der Waals surface area contributed by atoms with Gasteiger partial charge in [0.05, 0.1) is 6.61 Å². The van der Waals surface area contributed by atoms with E-state index < -0.39 is 42.6 Å². The lowest BCUT2D eigenvalue weighted by molar-refractivity contribution is -0.329. The minimum atomic E-state index is -2.34. The highest BCUT2D eigenvalue weighted by molar-refractivity contribution is 5.86. The first-order valence-electron chi connectivity index (χ1n) is 6.87. The maximum atomic E-state index is 11.6. The molecule has 0 aromatic carbocycles. The second-order valence-corrected chi connectivity index (χ2v) is 5.08. The van der Waals surface area contributed by atoms with Gasteiger partial charge in [-0.2, -0.15) is 0 Å². The molecule has 1 saturated heterocycles. The van der Waals surface area contributed by atoms with Gasteiger partial charge in [-0.15, -0.1) is 0 Å². The summed E-state index contributed by atoms with van der Waals surface area (Å²) in [5, 5.41) is 39.1. The van der Waals surface area contributed by atoms with Gasteiger partial charge in [0.2, 0.25) is 5.60 Å². The fourth-order valence-electron chi connectivity index (χ4n) is 2.18. The van der Waals surface area contributed by atoms with Crippen LogP contribution in [0.5, 0.6) is 0 Å². The summed E-state index contributed by atoms with van der Waals surface area (Å²) < 4.78 is 10.6. The van der Waals surface area contributed by atoms with E-state index in [9.17, 15) is 20.1 Å². The normalized spacial score (nSPS) is 37.9. The molecule has 1 aliphatic rings. The van der Waals surface area contributed by atoms with E-state index in [1.807, 2.05) is 6.92 Å². The highest BCUT2D eigenvalue weighted by Crippen LogP contribution is 2.31. The molecule has 1 aliphatic heterocycles. The standard InChI is InChI=1S/C13H24O7/c1-3-4-5-6-19-12-13(18,8(2)15)11(17)10(16)9(7-14)20-12/h9-12,14,16-18H,3-7H2,1-2H3/t9-,10+,11+,12+,13-/m1/s1. The van der Waals surface area contributed by atoms with Gasteiger partial charge in [-0.3, -0.25) is 4.79 Å². The molecule has 0 aromatic heterocycles. The van der Waals surface area contributed by atoms with Crippen LogP contribution in [0.3, 0.4) is 0 Å². The molecule has 1 rings (SSSR count). The van der Waals surface area contributed by atoms with Crippen LogP contribution in [0.25, 0.3) is 0 Å². The van der Waals surface area contributed by atoms with E-state index in [4.69, 9.17) is 14.6 Å². The molecule has 5 atom stereocenters. The highest BCUT2D eigenvalue weighted by Gasteiger charge is 2.58. The minimum absolute atomic E-state index is 0.245. The maximum absolute atomic E-state index is 11.6. The van der Waals surface area contributed by atoms with Crippen molar-refractivity contribution in [1.29, 1.82) is 0 Å². The lowest BCUT2D eigenvalue weighted by Gasteiger charge is -2.46. The van der Waals surface area contributed by atoms with Crippen molar-refractivity contribution in [3.05, 3.63) is 0 Å². The Hall–Kier alpha value is -0.570. The van der Waals surface area contributed by atoms with Crippen LogP contribution < -0.4 is 0 Å². The Morgan fingerprint density at radius 1 is 1.35 bits per heavy atom. The lowest BCUT2D eigenvalue weighted by atomic mass is 9.83. The van der Waals surface area contributed by atoms with Gasteiger partial charge in [-0.05, 0) is 13.3 Å². The SMILES string of the molecule is CCCCCO[C@H]1O[C@H](CO)[C@H](O)[C@H](O)[C@]1(O)C(C)=O. The molecule has 0 amide bonds. The molecule has 0 radical (unpaired) electrons. The van der Waals surface area contributed by atoms with Crippen LogP contribution in [0, 0.1) is 0 Å². The molecule has 20 heavy (non-hydrogen) atoms. The Kier molecular flexibility index (Phi) is 6.50. The number of unbranched alkanes of at least 4 members (excludes halogenated alkanes) is 2. The van der Waals surface area contributed by atoms with Gasteiger partial charge in [0.15, 0.2) is 12.1 Å². The molecule has 0 saturated carbocycles. The fourth-order valence-corrected chi connectivity index (χ4v) is 2.18. The smallest absolute Gasteiger partial charge is 0.202 e. The molecule has 0 aromatic rings. The average Bonchev–Trinajstić information content (AvgIpc) is 2.43. The predicted molar refractivity (Wildman–Crippen MR) is 68.9 cm³/mol. The summed E-state index contributed by atoms with van der Waals surface area (Å²) >= 11 is 0. The van der Waals surface area contributed by atoms with Crippen molar-refractivity contribution in [2.45, 2.75) is 63.3 Å². The van der Waals surface area contributed by atoms with E-state index in [0.717, 1.165) is 19.8 Å². The van der Waals surface area contributed by atoms with E-state index in [-0.39, 0.29) is 6.61 Å². The average molecular weight is 292 g/mol. The van der Waals surface area contributed by atoms with Crippen molar-refractivity contribution in [2.24, 2.45) is 0 Å². The zero-order valence-corrected chi connectivity index (χ0v) is 11.9. The first-order valence-corrected chi connectivity index (χ1v) is 6.87. The van der Waals surface area contributed by atoms with Crippen molar-refractivity contribution in [3.63, 3.8) is 0 Å². The summed E-state index contributed by atoms with van der Waals surface area (Å²) in [6.07, 6.45) is -3.25. The summed E-state index contributed by atoms with van der Waals surface area (Å²) in [6.45, 7) is 2.79. The molecule has 0 bridgehead atoms. The largest absolute Gasteiger partial charge is 0.394 e. The molecule has 7 heteroatoms. The monoisotopic (exact) mass is 292 g/mol. The Labute approximate surface area is 118 Å².